The largest absolute Gasteiger partial charge is 0.460 e. The molecule has 5 rings (SSSR count). The number of hydrogen-bond acceptors (Lipinski definition) is 7. The number of carbonyl (C=O) groups excluding carboxylic acids is 4. The Morgan fingerprint density at radius 1 is 1.13 bits per heavy atom. The van der Waals surface area contributed by atoms with Gasteiger partial charge >= 0.3 is 5.97 Å². The highest BCUT2D eigenvalue weighted by Crippen LogP contribution is 2.58. The van der Waals surface area contributed by atoms with E-state index < -0.39 is 47.6 Å². The highest BCUT2D eigenvalue weighted by Gasteiger charge is 2.74. The molecule has 208 valence electrons. The number of β-amino-alcohol motifs (C(OH)–C–C–N with tert-alkyl or cyclic N) is 1. The van der Waals surface area contributed by atoms with Crippen LogP contribution in [0.25, 0.3) is 0 Å². The number of ether oxygens (including phenoxy) is 2. The van der Waals surface area contributed by atoms with Crippen LogP contribution in [-0.4, -0.2) is 88.7 Å². The van der Waals surface area contributed by atoms with Crippen LogP contribution in [0.5, 0.6) is 0 Å². The van der Waals surface area contributed by atoms with Crippen molar-refractivity contribution >= 4 is 39.6 Å². The lowest BCUT2D eigenvalue weighted by Crippen LogP contribution is -2.56. The van der Waals surface area contributed by atoms with Crippen molar-refractivity contribution in [2.75, 3.05) is 26.2 Å². The highest BCUT2D eigenvalue weighted by atomic mass is 79.9. The number of cyclic esters (lactones) is 1. The van der Waals surface area contributed by atoms with E-state index in [1.54, 1.807) is 17.9 Å². The van der Waals surface area contributed by atoms with Gasteiger partial charge < -0.3 is 29.7 Å². The third-order valence-corrected chi connectivity index (χ3v) is 8.42. The van der Waals surface area contributed by atoms with Crippen LogP contribution in [0.1, 0.15) is 25.3 Å². The normalized spacial score (nSPS) is 34.0. The summed E-state index contributed by atoms with van der Waals surface area (Å²) in [4.78, 5) is 56.9. The second-order valence-electron chi connectivity index (χ2n) is 10.3. The van der Waals surface area contributed by atoms with E-state index in [9.17, 15) is 24.3 Å². The maximum absolute atomic E-state index is 14.4. The fourth-order valence-corrected chi connectivity index (χ4v) is 6.76. The molecule has 0 unspecified atom stereocenters. The number of allylic oxidation sites excluding steroid dienone is 1. The summed E-state index contributed by atoms with van der Waals surface area (Å²) in [6.07, 6.45) is 4.74. The van der Waals surface area contributed by atoms with E-state index in [0.717, 1.165) is 5.56 Å². The van der Waals surface area contributed by atoms with Crippen molar-refractivity contribution in [2.45, 2.75) is 50.2 Å². The molecular weight excluding hydrogens is 570 g/mol. The van der Waals surface area contributed by atoms with Crippen LogP contribution in [0.4, 0.5) is 0 Å². The Balaban J connectivity index is 1.57. The quantitative estimate of drug-likeness (QED) is 0.393. The maximum atomic E-state index is 14.4. The summed E-state index contributed by atoms with van der Waals surface area (Å²) >= 11 is 3.50. The van der Waals surface area contributed by atoms with Gasteiger partial charge in [0.2, 0.25) is 17.7 Å². The lowest BCUT2D eigenvalue weighted by molar-refractivity contribution is -0.158. The predicted molar refractivity (Wildman–Crippen MR) is 143 cm³/mol. The minimum Gasteiger partial charge on any atom is -0.460 e. The number of nitrogens with one attached hydrogen (secondary N) is 1. The van der Waals surface area contributed by atoms with Crippen LogP contribution < -0.4 is 5.32 Å². The lowest BCUT2D eigenvalue weighted by Gasteiger charge is -2.35. The number of rotatable bonds is 4. The number of benzene rings is 1. The van der Waals surface area contributed by atoms with Crippen molar-refractivity contribution < 1.29 is 33.8 Å². The minimum atomic E-state index is -1.39. The van der Waals surface area contributed by atoms with Crippen LogP contribution in [0, 0.1) is 11.8 Å². The highest BCUT2D eigenvalue weighted by molar-refractivity contribution is 9.11. The number of aliphatic hydroxyl groups is 1. The Hall–Kier alpha value is -3.02. The fraction of sp³-hybridized carbons (Fsp3) is 0.500. The molecule has 0 radical (unpaired) electrons. The van der Waals surface area contributed by atoms with E-state index in [2.05, 4.69) is 21.2 Å². The zero-order valence-corrected chi connectivity index (χ0v) is 23.2. The molecule has 1 aromatic rings. The number of carbonyl (C=O) groups is 4. The summed E-state index contributed by atoms with van der Waals surface area (Å²) in [6.45, 7) is 1.90. The van der Waals surface area contributed by atoms with Crippen molar-refractivity contribution in [3.8, 4) is 0 Å². The van der Waals surface area contributed by atoms with Gasteiger partial charge in [0.1, 0.15) is 29.8 Å². The van der Waals surface area contributed by atoms with Crippen molar-refractivity contribution in [3.05, 3.63) is 58.6 Å². The molecule has 11 heteroatoms. The monoisotopic (exact) mass is 601 g/mol. The first-order chi connectivity index (χ1) is 18.8. The molecule has 5 bridgehead atoms. The molecule has 0 aromatic heterocycles. The fourth-order valence-electron chi connectivity index (χ4n) is 6.02. The smallest absolute Gasteiger partial charge is 0.313 e. The van der Waals surface area contributed by atoms with E-state index in [1.807, 2.05) is 42.5 Å². The second kappa shape index (κ2) is 11.2. The van der Waals surface area contributed by atoms with E-state index >= 15 is 0 Å². The summed E-state index contributed by atoms with van der Waals surface area (Å²) in [5.41, 5.74) is -0.485. The first-order valence-corrected chi connectivity index (χ1v) is 14.0. The molecule has 4 aliphatic heterocycles. The number of aliphatic hydroxyl groups excluding tert-OH is 1. The third-order valence-electron chi connectivity index (χ3n) is 7.74. The average Bonchev–Trinajstić information content (AvgIpc) is 3.50. The summed E-state index contributed by atoms with van der Waals surface area (Å²) in [7, 11) is 0. The van der Waals surface area contributed by atoms with Gasteiger partial charge in [0.05, 0.1) is 19.1 Å². The van der Waals surface area contributed by atoms with E-state index in [-0.39, 0.29) is 51.0 Å². The third kappa shape index (κ3) is 5.03. The maximum Gasteiger partial charge on any atom is 0.313 e. The molecule has 39 heavy (non-hydrogen) atoms. The Bertz CT molecular complexity index is 1200. The zero-order chi connectivity index (χ0) is 27.7. The molecule has 6 atom stereocenters. The van der Waals surface area contributed by atoms with Crippen molar-refractivity contribution in [1.82, 2.24) is 15.1 Å². The first kappa shape index (κ1) is 27.5. The molecular formula is C28H32BrN3O7. The van der Waals surface area contributed by atoms with Gasteiger partial charge in [-0.15, -0.1) is 0 Å². The van der Waals surface area contributed by atoms with E-state index in [1.165, 1.54) is 4.90 Å². The molecule has 2 saturated heterocycles. The topological polar surface area (TPSA) is 125 Å². The number of amides is 3. The molecule has 0 saturated carbocycles. The predicted octanol–water partition coefficient (Wildman–Crippen LogP) is 1.28. The van der Waals surface area contributed by atoms with Gasteiger partial charge in [-0.2, -0.15) is 0 Å². The van der Waals surface area contributed by atoms with Gasteiger partial charge in [-0.3, -0.25) is 19.2 Å². The molecule has 2 N–H and O–H groups in total. The number of esters is 1. The number of nitrogens with zero attached hydrogens (tertiary/aromatic N) is 2. The zero-order valence-electron chi connectivity index (χ0n) is 21.6. The van der Waals surface area contributed by atoms with Gasteiger partial charge in [0.15, 0.2) is 0 Å². The molecule has 1 aromatic carbocycles. The lowest BCUT2D eigenvalue weighted by atomic mass is 9.74. The van der Waals surface area contributed by atoms with Crippen molar-refractivity contribution in [2.24, 2.45) is 11.8 Å². The molecule has 4 heterocycles. The molecule has 0 aliphatic carbocycles. The number of halogens is 1. The SMILES string of the molecule is C[C@@H]1CNC(=O)CC/C=C\CN(Cc2ccccc2)C(=O)[C@@H]2N(CCO)C(=O)[C@H]3[C@H](C(=O)O1)[C@H]1O[C@@]23C=C1Br. The number of likely N-dealkylation sites (tertiary alicyclic amines) is 1. The van der Waals surface area contributed by atoms with Crippen LogP contribution in [-0.2, 0) is 35.2 Å². The van der Waals surface area contributed by atoms with E-state index in [4.69, 9.17) is 9.47 Å². The number of fused-ring (bicyclic) bond motifs is 2. The van der Waals surface area contributed by atoms with Crippen molar-refractivity contribution in [1.29, 1.82) is 0 Å². The van der Waals surface area contributed by atoms with Gasteiger partial charge in [-0.05, 0) is 25.0 Å². The van der Waals surface area contributed by atoms with Crippen molar-refractivity contribution in [3.63, 3.8) is 0 Å². The standard InChI is InChI=1S/C28H32BrN3O7/c1-17-15-30-20(34)10-6-3-7-11-31(16-18-8-4-2-5-9-18)26(36)24-28-14-19(29)23(39-28)21(27(37)38-17)22(28)25(35)32(24)12-13-33/h2-5,7-9,14,17,21-24,33H,6,10-13,15-16H2,1H3,(H,30,34)/b7-3-/t17-,21+,22-,23+,24+,28-/m1/s1. The Morgan fingerprint density at radius 2 is 1.90 bits per heavy atom. The van der Waals surface area contributed by atoms with Gasteiger partial charge in [0.25, 0.3) is 0 Å². The molecule has 3 amide bonds. The second-order valence-corrected chi connectivity index (χ2v) is 11.3. The Morgan fingerprint density at radius 3 is 2.64 bits per heavy atom. The summed E-state index contributed by atoms with van der Waals surface area (Å²) < 4.78 is 12.6. The summed E-state index contributed by atoms with van der Waals surface area (Å²) in [5, 5.41) is 12.6. The summed E-state index contributed by atoms with van der Waals surface area (Å²) in [5.74, 6) is -3.55. The van der Waals surface area contributed by atoms with Crippen LogP contribution in [0.2, 0.25) is 0 Å². The number of hydrogen-bond donors (Lipinski definition) is 2. The Labute approximate surface area is 235 Å². The summed E-state index contributed by atoms with van der Waals surface area (Å²) in [6, 6.07) is 8.42. The van der Waals surface area contributed by atoms with Crippen LogP contribution in [0.15, 0.2) is 53.0 Å². The van der Waals surface area contributed by atoms with Gasteiger partial charge in [0, 0.05) is 30.5 Å². The molecule has 4 aliphatic rings. The minimum absolute atomic E-state index is 0.0772. The van der Waals surface area contributed by atoms with Gasteiger partial charge in [-0.25, -0.2) is 0 Å². The Kier molecular flexibility index (Phi) is 7.93. The van der Waals surface area contributed by atoms with Crippen LogP contribution >= 0.6 is 15.9 Å². The van der Waals surface area contributed by atoms with Gasteiger partial charge in [-0.1, -0.05) is 58.4 Å². The molecule has 10 nitrogen and oxygen atoms in total. The van der Waals surface area contributed by atoms with E-state index in [0.29, 0.717) is 10.9 Å². The average molecular weight is 602 g/mol. The first-order valence-electron chi connectivity index (χ1n) is 13.2. The molecule has 2 fully saturated rings. The van der Waals surface area contributed by atoms with Crippen LogP contribution in [0.3, 0.4) is 0 Å². The molecule has 1 spiro atoms.